The fourth-order valence-corrected chi connectivity index (χ4v) is 1.60. The Morgan fingerprint density at radius 1 is 1.54 bits per heavy atom. The maximum absolute atomic E-state index is 9.25. The summed E-state index contributed by atoms with van der Waals surface area (Å²) in [6.07, 6.45) is 6.24. The molecule has 1 N–H and O–H groups in total. The molecule has 13 heavy (non-hydrogen) atoms. The molecular formula is C10H16O3. The predicted molar refractivity (Wildman–Crippen MR) is 49.5 cm³/mol. The number of fused-ring (bicyclic) bond motifs is 1. The molecule has 0 bridgehead atoms. The summed E-state index contributed by atoms with van der Waals surface area (Å²) >= 11 is 0. The van der Waals surface area contributed by atoms with E-state index >= 15 is 0 Å². The highest BCUT2D eigenvalue weighted by molar-refractivity contribution is 5.78. The number of carbonyl (C=O) groups is 1. The summed E-state index contributed by atoms with van der Waals surface area (Å²) in [6, 6.07) is 0. The van der Waals surface area contributed by atoms with Crippen LogP contribution in [0.25, 0.3) is 0 Å². The molecule has 3 nitrogen and oxygen atoms in total. The largest absolute Gasteiger partial charge is 0.478 e. The van der Waals surface area contributed by atoms with Gasteiger partial charge in [-0.25, -0.2) is 4.79 Å². The number of carboxylic acid groups (broad SMARTS) is 1. The van der Waals surface area contributed by atoms with Gasteiger partial charge < -0.3 is 9.84 Å². The molecule has 0 aromatic carbocycles. The van der Waals surface area contributed by atoms with Crippen molar-refractivity contribution in [2.45, 2.75) is 38.4 Å². The van der Waals surface area contributed by atoms with E-state index in [9.17, 15) is 4.79 Å². The number of carboxylic acids is 1. The van der Waals surface area contributed by atoms with E-state index in [1.54, 1.807) is 0 Å². The van der Waals surface area contributed by atoms with Gasteiger partial charge in [-0.15, -0.1) is 0 Å². The minimum atomic E-state index is -0.981. The summed E-state index contributed by atoms with van der Waals surface area (Å²) in [5, 5.41) is 7.60. The van der Waals surface area contributed by atoms with Crippen molar-refractivity contribution in [2.75, 3.05) is 0 Å². The highest BCUT2D eigenvalue weighted by Gasteiger charge is 2.42. The maximum Gasteiger partial charge on any atom is 0.327 e. The van der Waals surface area contributed by atoms with E-state index in [4.69, 9.17) is 9.84 Å². The van der Waals surface area contributed by atoms with Crippen LogP contribution in [-0.4, -0.2) is 23.3 Å². The van der Waals surface area contributed by atoms with Crippen molar-refractivity contribution in [3.8, 4) is 0 Å². The van der Waals surface area contributed by atoms with Crippen molar-refractivity contribution in [1.29, 1.82) is 0 Å². The first-order valence-corrected chi connectivity index (χ1v) is 4.64. The SMILES string of the molecule is C=CC(=O)O.CC1CCC2OC2C1. The molecule has 0 spiro atoms. The van der Waals surface area contributed by atoms with E-state index in [0.29, 0.717) is 12.2 Å². The number of aliphatic carboxylic acids is 1. The second-order valence-corrected chi connectivity index (χ2v) is 3.67. The minimum Gasteiger partial charge on any atom is -0.478 e. The average molecular weight is 184 g/mol. The molecule has 0 aromatic rings. The van der Waals surface area contributed by atoms with Gasteiger partial charge in [0, 0.05) is 6.08 Å². The van der Waals surface area contributed by atoms with Crippen LogP contribution in [0.5, 0.6) is 0 Å². The molecule has 3 atom stereocenters. The Hall–Kier alpha value is -0.830. The Labute approximate surface area is 78.4 Å². The Balaban J connectivity index is 0.000000149. The molecule has 2 rings (SSSR count). The highest BCUT2D eigenvalue weighted by Crippen LogP contribution is 2.38. The van der Waals surface area contributed by atoms with Gasteiger partial charge in [0.15, 0.2) is 0 Å². The summed E-state index contributed by atoms with van der Waals surface area (Å²) in [7, 11) is 0. The zero-order chi connectivity index (χ0) is 9.84. The monoisotopic (exact) mass is 184 g/mol. The zero-order valence-electron chi connectivity index (χ0n) is 7.90. The molecule has 0 amide bonds. The van der Waals surface area contributed by atoms with Crippen molar-refractivity contribution < 1.29 is 14.6 Å². The lowest BCUT2D eigenvalue weighted by molar-refractivity contribution is -0.131. The van der Waals surface area contributed by atoms with E-state index in [-0.39, 0.29) is 0 Å². The van der Waals surface area contributed by atoms with E-state index in [1.807, 2.05) is 0 Å². The second-order valence-electron chi connectivity index (χ2n) is 3.67. The van der Waals surface area contributed by atoms with E-state index in [0.717, 1.165) is 12.0 Å². The third-order valence-electron chi connectivity index (χ3n) is 2.44. The minimum absolute atomic E-state index is 0.679. The third kappa shape index (κ3) is 3.59. The van der Waals surface area contributed by atoms with Crippen LogP contribution in [0.1, 0.15) is 26.2 Å². The smallest absolute Gasteiger partial charge is 0.327 e. The molecule has 1 aliphatic carbocycles. The topological polar surface area (TPSA) is 49.8 Å². The first-order chi connectivity index (χ1) is 6.13. The molecule has 1 aliphatic heterocycles. The lowest BCUT2D eigenvalue weighted by Gasteiger charge is -2.11. The zero-order valence-corrected chi connectivity index (χ0v) is 7.90. The molecule has 1 saturated heterocycles. The van der Waals surface area contributed by atoms with Gasteiger partial charge in [-0.05, 0) is 25.2 Å². The Kier molecular flexibility index (Phi) is 3.48. The van der Waals surface area contributed by atoms with Gasteiger partial charge in [-0.1, -0.05) is 13.5 Å². The van der Waals surface area contributed by atoms with Crippen molar-refractivity contribution in [3.05, 3.63) is 12.7 Å². The van der Waals surface area contributed by atoms with Gasteiger partial charge >= 0.3 is 5.97 Å². The summed E-state index contributed by atoms with van der Waals surface area (Å²) in [6.45, 7) is 5.28. The van der Waals surface area contributed by atoms with Crippen LogP contribution in [0.2, 0.25) is 0 Å². The molecule has 1 heterocycles. The van der Waals surface area contributed by atoms with Gasteiger partial charge in [-0.2, -0.15) is 0 Å². The number of hydrogen-bond donors (Lipinski definition) is 1. The van der Waals surface area contributed by atoms with Gasteiger partial charge in [0.25, 0.3) is 0 Å². The number of ether oxygens (including phenoxy) is 1. The summed E-state index contributed by atoms with van der Waals surface area (Å²) in [5.41, 5.74) is 0. The Morgan fingerprint density at radius 3 is 2.54 bits per heavy atom. The Morgan fingerprint density at radius 2 is 2.15 bits per heavy atom. The second kappa shape index (κ2) is 4.42. The van der Waals surface area contributed by atoms with Crippen molar-refractivity contribution in [2.24, 2.45) is 5.92 Å². The van der Waals surface area contributed by atoms with E-state index < -0.39 is 5.97 Å². The van der Waals surface area contributed by atoms with Gasteiger partial charge in [0.1, 0.15) is 0 Å². The first kappa shape index (κ1) is 10.3. The van der Waals surface area contributed by atoms with Crippen LogP contribution in [0.3, 0.4) is 0 Å². The number of epoxide rings is 1. The van der Waals surface area contributed by atoms with Gasteiger partial charge in [0.05, 0.1) is 12.2 Å². The van der Waals surface area contributed by atoms with E-state index in [1.165, 1.54) is 19.3 Å². The van der Waals surface area contributed by atoms with E-state index in [2.05, 4.69) is 13.5 Å². The number of rotatable bonds is 1. The fraction of sp³-hybridized carbons (Fsp3) is 0.700. The highest BCUT2D eigenvalue weighted by atomic mass is 16.6. The average Bonchev–Trinajstić information content (AvgIpc) is 2.83. The Bertz CT molecular complexity index is 200. The van der Waals surface area contributed by atoms with Gasteiger partial charge in [-0.3, -0.25) is 0 Å². The predicted octanol–water partition coefficient (Wildman–Crippen LogP) is 1.83. The van der Waals surface area contributed by atoms with Crippen molar-refractivity contribution in [3.63, 3.8) is 0 Å². The van der Waals surface area contributed by atoms with Crippen LogP contribution in [0.15, 0.2) is 12.7 Å². The third-order valence-corrected chi connectivity index (χ3v) is 2.44. The summed E-state index contributed by atoms with van der Waals surface area (Å²) < 4.78 is 5.35. The molecule has 3 heteroatoms. The van der Waals surface area contributed by atoms with Gasteiger partial charge in [0.2, 0.25) is 0 Å². The quantitative estimate of drug-likeness (QED) is 0.499. The molecule has 74 valence electrons. The normalized spacial score (nSPS) is 35.0. The molecule has 3 unspecified atom stereocenters. The van der Waals surface area contributed by atoms with Crippen LogP contribution in [-0.2, 0) is 9.53 Å². The van der Waals surface area contributed by atoms with Crippen LogP contribution in [0.4, 0.5) is 0 Å². The lowest BCUT2D eigenvalue weighted by atomic mass is 9.91. The van der Waals surface area contributed by atoms with Crippen LogP contribution in [0, 0.1) is 5.92 Å². The van der Waals surface area contributed by atoms with Crippen LogP contribution >= 0.6 is 0 Å². The number of hydrogen-bond acceptors (Lipinski definition) is 2. The van der Waals surface area contributed by atoms with Crippen LogP contribution < -0.4 is 0 Å². The van der Waals surface area contributed by atoms with Crippen molar-refractivity contribution in [1.82, 2.24) is 0 Å². The summed E-state index contributed by atoms with van der Waals surface area (Å²) in [5.74, 6) is -0.0521. The molecule has 1 saturated carbocycles. The molecule has 0 aromatic heterocycles. The summed E-state index contributed by atoms with van der Waals surface area (Å²) in [4.78, 5) is 9.25. The molecule has 0 radical (unpaired) electrons. The fourth-order valence-electron chi connectivity index (χ4n) is 1.60. The lowest BCUT2D eigenvalue weighted by Crippen LogP contribution is -2.09. The molecule has 2 aliphatic rings. The molecule has 2 fully saturated rings. The molecular weight excluding hydrogens is 168 g/mol. The maximum atomic E-state index is 9.25. The standard InChI is InChI=1S/C7H12O.C3H4O2/c1-5-2-3-6-7(4-5)8-6;1-2-3(4)5/h5-7H,2-4H2,1H3;2H,1H2,(H,4,5). The first-order valence-electron chi connectivity index (χ1n) is 4.64. The van der Waals surface area contributed by atoms with Crippen molar-refractivity contribution >= 4 is 5.97 Å².